The molecule has 141 heavy (non-hydrogen) atoms. The van der Waals surface area contributed by atoms with Gasteiger partial charge >= 0.3 is 0 Å². The number of rotatable bonds is 22. The standard InChI is InChI=1S/C23H19N3O.C20H22FN7O.C19H17F2N7O.C19H19F2N7O.C19H19N7O/c1-23(2,27)18-10-11-22-21(13-18)25-15-26(22)19-8-5-7-16(12-19)20-9-4-3-6-17(20)14-24;1-5-27-17(22-12-23-27)11-29-19-14(20(2,3)4)10-16-24-25-18(28(16)26-19)13-8-6-7-9-15(13)21;1-27-16(22-10-23-27)9-29-19-12(11-4-2-5-11)8-15-24-25-18(28(15)26-19)17-13(20)6-3-7-14(17)21;1-19(2,3)13-8-15-24-25-17(12-7-11(20)5-6-14(12)21)28(15)26-18(13)29-9-16-22-10-23-27(16)4;1-25-17(20-12-21-25)11-27-19-15(13-8-5-9-13)10-16-22-23-18(26(16)24-19)14-6-3-2-4-7-14/h3-13,15,27H,1-2H3;6-10,12H,5,11H2,1-4H3;3,6-8,10-11H,2,4-5,9H2,1H3;5-8,10H,9H2,1-4H3;2-4,6-7,10,12-13H,5,8-9,11H2,1H3. The Balaban J connectivity index is 0.000000117. The minimum atomic E-state index is -0.904. The summed E-state index contributed by atoms with van der Waals surface area (Å²) in [4.78, 5) is 21.3. The molecule has 1 N–H and O–H groups in total. The molecule has 2 saturated carbocycles. The van der Waals surface area contributed by atoms with Gasteiger partial charge in [0.1, 0.15) is 87.2 Å². The maximum atomic E-state index is 14.3. The van der Waals surface area contributed by atoms with Crippen LogP contribution in [-0.2, 0) is 70.5 Å². The van der Waals surface area contributed by atoms with Crippen molar-refractivity contribution in [1.82, 2.24) is 148 Å². The molecule has 2 aliphatic carbocycles. The van der Waals surface area contributed by atoms with Crippen molar-refractivity contribution in [2.45, 2.75) is 162 Å². The summed E-state index contributed by atoms with van der Waals surface area (Å²) in [5.74, 6) is 3.27. The van der Waals surface area contributed by atoms with Gasteiger partial charge < -0.3 is 24.1 Å². The lowest BCUT2D eigenvalue weighted by Crippen LogP contribution is -2.17. The van der Waals surface area contributed by atoms with E-state index in [1.165, 1.54) is 69.5 Å². The number of benzene rings is 7. The Morgan fingerprint density at radius 3 is 1.38 bits per heavy atom. The van der Waals surface area contributed by atoms with Crippen LogP contribution in [0.3, 0.4) is 0 Å². The Kier molecular flexibility index (Phi) is 26.8. The quantitative estimate of drug-likeness (QED) is 0.0616. The first kappa shape index (κ1) is 94.4. The zero-order chi connectivity index (χ0) is 98.5. The van der Waals surface area contributed by atoms with Crippen LogP contribution in [0.25, 0.3) is 96.0 Å². The second kappa shape index (κ2) is 40.0. The SMILES string of the molecule is CC(C)(O)c1ccc2c(c1)ncn2-c1cccc(-c2ccccc2C#N)c1.CCn1ncnc1COc1nn2c(-c3ccccc3F)nnc2cc1C(C)(C)C.Cn1ncnc1COc1nn2c(-c3c(F)cccc3F)nnc2cc1C1CCC1.Cn1ncnc1COc1nn2c(-c3cc(F)ccc3F)nnc2cc1C(C)(C)C.Cn1ncnc1COc1nn2c(-c3ccccc3)nnc2cc1C1CCC1. The molecule has 20 aromatic rings. The number of hydrogen-bond donors (Lipinski definition) is 1. The second-order valence-electron chi connectivity index (χ2n) is 36.2. The van der Waals surface area contributed by atoms with Gasteiger partial charge in [-0.05, 0) is 183 Å². The average Bonchev–Trinajstić information content (AvgIpc) is 1.67. The minimum Gasteiger partial charge on any atom is -0.468 e. The lowest BCUT2D eigenvalue weighted by molar-refractivity contribution is 0.0787. The number of ether oxygens (including phenoxy) is 4. The molecule has 36 nitrogen and oxygen atoms in total. The van der Waals surface area contributed by atoms with Crippen LogP contribution in [-0.4, -0.2) is 153 Å². The molecule has 0 saturated heterocycles. The molecular formula is C100H96F5N31O5. The predicted octanol–water partition coefficient (Wildman–Crippen LogP) is 17.1. The molecule has 0 bridgehead atoms. The first-order chi connectivity index (χ1) is 68.0. The number of halogens is 5. The molecule has 41 heteroatoms. The predicted molar refractivity (Wildman–Crippen MR) is 508 cm³/mol. The van der Waals surface area contributed by atoms with Gasteiger partial charge in [0, 0.05) is 61.2 Å². The van der Waals surface area contributed by atoms with Gasteiger partial charge in [-0.1, -0.05) is 139 Å². The van der Waals surface area contributed by atoms with Gasteiger partial charge in [-0.3, -0.25) is 18.6 Å². The highest BCUT2D eigenvalue weighted by Crippen LogP contribution is 2.44. The normalized spacial score (nSPS) is 12.8. The lowest BCUT2D eigenvalue weighted by Gasteiger charge is -2.26. The number of hydrogen-bond acceptors (Lipinski definition) is 27. The van der Waals surface area contributed by atoms with Gasteiger partial charge in [0.05, 0.1) is 45.0 Å². The fraction of sp³-hybridized carbons (Fsp3) is 0.280. The summed E-state index contributed by atoms with van der Waals surface area (Å²) in [6.07, 6.45) is 14.4. The van der Waals surface area contributed by atoms with Crippen LogP contribution in [0.1, 0.15) is 169 Å². The highest BCUT2D eigenvalue weighted by molar-refractivity contribution is 5.80. The maximum absolute atomic E-state index is 14.3. The fourth-order valence-corrected chi connectivity index (χ4v) is 15.9. The van der Waals surface area contributed by atoms with Crippen LogP contribution >= 0.6 is 0 Å². The molecule has 0 unspecified atom stereocenters. The number of fused-ring (bicyclic) bond motifs is 5. The van der Waals surface area contributed by atoms with Crippen LogP contribution in [0.4, 0.5) is 22.0 Å². The van der Waals surface area contributed by atoms with E-state index in [0.717, 1.165) is 123 Å². The van der Waals surface area contributed by atoms with Gasteiger partial charge in [-0.15, -0.1) is 61.2 Å². The molecule has 0 radical (unpaired) electrons. The third-order valence-electron chi connectivity index (χ3n) is 24.2. The van der Waals surface area contributed by atoms with Gasteiger partial charge in [-0.25, -0.2) is 51.6 Å². The largest absolute Gasteiger partial charge is 0.468 e. The summed E-state index contributed by atoms with van der Waals surface area (Å²) >= 11 is 0. The van der Waals surface area contributed by atoms with E-state index < -0.39 is 28.9 Å². The zero-order valence-corrected chi connectivity index (χ0v) is 79.0. The molecule has 22 rings (SSSR count). The molecule has 0 aliphatic heterocycles. The van der Waals surface area contributed by atoms with Crippen molar-refractivity contribution in [3.05, 3.63) is 299 Å². The first-order valence-corrected chi connectivity index (χ1v) is 45.4. The Labute approximate surface area is 803 Å². The molecule has 7 aromatic carbocycles. The fourth-order valence-electron chi connectivity index (χ4n) is 15.9. The van der Waals surface area contributed by atoms with Crippen molar-refractivity contribution in [1.29, 1.82) is 5.26 Å². The van der Waals surface area contributed by atoms with E-state index in [4.69, 9.17) is 24.0 Å². The number of nitriles is 1. The van der Waals surface area contributed by atoms with E-state index in [2.05, 4.69) is 140 Å². The Bertz CT molecular complexity index is 7940. The van der Waals surface area contributed by atoms with Crippen molar-refractivity contribution < 1.29 is 46.0 Å². The Morgan fingerprint density at radius 1 is 0.411 bits per heavy atom. The first-order valence-electron chi connectivity index (χ1n) is 45.4. The van der Waals surface area contributed by atoms with E-state index in [1.807, 2.05) is 142 Å². The monoisotopic (exact) mass is 1910 g/mol. The molecule has 2 fully saturated rings. The highest BCUT2D eigenvalue weighted by atomic mass is 19.1. The van der Waals surface area contributed by atoms with Gasteiger partial charge in [0.25, 0.3) is 0 Å². The summed E-state index contributed by atoms with van der Waals surface area (Å²) in [7, 11) is 5.38. The number of imidazole rings is 1. The number of aromatic nitrogens is 30. The van der Waals surface area contributed by atoms with Crippen LogP contribution in [0.5, 0.6) is 23.5 Å². The van der Waals surface area contributed by atoms with E-state index in [0.29, 0.717) is 106 Å². The molecule has 0 amide bonds. The molecular weight excluding hydrogens is 1810 g/mol. The van der Waals surface area contributed by atoms with Crippen LogP contribution < -0.4 is 18.9 Å². The van der Waals surface area contributed by atoms with Gasteiger partial charge in [0.2, 0.25) is 23.5 Å². The van der Waals surface area contributed by atoms with Crippen LogP contribution in [0, 0.1) is 40.4 Å². The van der Waals surface area contributed by atoms with E-state index in [9.17, 15) is 32.3 Å². The van der Waals surface area contributed by atoms with Crippen molar-refractivity contribution in [2.24, 2.45) is 21.1 Å². The Morgan fingerprint density at radius 2 is 0.858 bits per heavy atom. The molecule has 13 heterocycles. The Hall–Kier alpha value is -16.9. The van der Waals surface area contributed by atoms with Crippen molar-refractivity contribution in [3.63, 3.8) is 0 Å². The van der Waals surface area contributed by atoms with E-state index >= 15 is 0 Å². The van der Waals surface area contributed by atoms with E-state index in [-0.39, 0.29) is 59.2 Å². The third kappa shape index (κ3) is 20.3. The molecule has 0 atom stereocenters. The van der Waals surface area contributed by atoms with Gasteiger partial charge in [-0.2, -0.15) is 43.7 Å². The maximum Gasteiger partial charge on any atom is 0.236 e. The van der Waals surface area contributed by atoms with Crippen molar-refractivity contribution >= 4 is 33.6 Å². The highest BCUT2D eigenvalue weighted by Gasteiger charge is 2.33. The van der Waals surface area contributed by atoms with Crippen molar-refractivity contribution in [2.75, 3.05) is 0 Å². The van der Waals surface area contributed by atoms with Crippen LogP contribution in [0.2, 0.25) is 0 Å². The zero-order valence-electron chi connectivity index (χ0n) is 79.0. The summed E-state index contributed by atoms with van der Waals surface area (Å²) < 4.78 is 109. The minimum absolute atomic E-state index is 0.0146. The van der Waals surface area contributed by atoms with E-state index in [1.54, 1.807) is 81.8 Å². The molecule has 2 aliphatic rings. The third-order valence-corrected chi connectivity index (χ3v) is 24.2. The number of aryl methyl sites for hydroxylation is 4. The second-order valence-corrected chi connectivity index (χ2v) is 36.2. The molecule has 13 aromatic heterocycles. The summed E-state index contributed by atoms with van der Waals surface area (Å²) in [5.41, 5.74) is 11.4. The summed E-state index contributed by atoms with van der Waals surface area (Å²) in [6, 6.07) is 54.4. The number of aliphatic hydroxyl groups is 1. The molecule has 0 spiro atoms. The lowest BCUT2D eigenvalue weighted by atomic mass is 9.80. The number of nitrogens with zero attached hydrogens (tertiary/aromatic N) is 31. The van der Waals surface area contributed by atoms with Crippen molar-refractivity contribution in [3.8, 4) is 92.0 Å². The smallest absolute Gasteiger partial charge is 0.236 e. The van der Waals surface area contributed by atoms with Crippen LogP contribution in [0.15, 0.2) is 214 Å². The summed E-state index contributed by atoms with van der Waals surface area (Å²) in [5, 5.41) is 87.5. The average molecular weight is 1910 g/mol. The molecule has 716 valence electrons. The topological polar surface area (TPSA) is 394 Å². The van der Waals surface area contributed by atoms with Gasteiger partial charge in [0.15, 0.2) is 69.2 Å². The summed E-state index contributed by atoms with van der Waals surface area (Å²) in [6.45, 7) is 19.3.